The Hall–Kier alpha value is -3.54. The first-order valence-corrected chi connectivity index (χ1v) is 10.8. The smallest absolute Gasteiger partial charge is 0.250 e. The van der Waals surface area contributed by atoms with Crippen molar-refractivity contribution in [2.24, 2.45) is 4.99 Å². The van der Waals surface area contributed by atoms with Gasteiger partial charge in [-0.25, -0.2) is 0 Å². The van der Waals surface area contributed by atoms with Crippen molar-refractivity contribution in [2.75, 3.05) is 7.05 Å². The molecule has 3 rings (SSSR count). The minimum absolute atomic E-state index is 0.00240. The standard InChI is InChI=1S/C26H32N4O2/c1-26(2,3)32-23-10-6-5-9-22(23)18-29-25(27-4)28-17-20-12-14-21(15-13-20)19-30-16-8-7-11-24(30)31/h5-16H,17-19H2,1-4H3,(H2,27,28,29). The van der Waals surface area contributed by atoms with Gasteiger partial charge in [0.1, 0.15) is 11.4 Å². The minimum atomic E-state index is -0.254. The van der Waals surface area contributed by atoms with Gasteiger partial charge in [0.05, 0.1) is 6.54 Å². The molecule has 0 saturated heterocycles. The van der Waals surface area contributed by atoms with Gasteiger partial charge in [-0.15, -0.1) is 0 Å². The summed E-state index contributed by atoms with van der Waals surface area (Å²) < 4.78 is 7.76. The van der Waals surface area contributed by atoms with Gasteiger partial charge in [0.2, 0.25) is 0 Å². The molecule has 0 bridgehead atoms. The second-order valence-electron chi connectivity index (χ2n) is 8.58. The summed E-state index contributed by atoms with van der Waals surface area (Å²) in [5.74, 6) is 1.59. The number of pyridine rings is 1. The van der Waals surface area contributed by atoms with Crippen LogP contribution in [-0.4, -0.2) is 23.2 Å². The number of nitrogens with one attached hydrogen (secondary N) is 2. The van der Waals surface area contributed by atoms with Crippen LogP contribution < -0.4 is 20.9 Å². The maximum Gasteiger partial charge on any atom is 0.250 e. The van der Waals surface area contributed by atoms with Crippen molar-refractivity contribution >= 4 is 5.96 Å². The number of benzene rings is 2. The zero-order valence-corrected chi connectivity index (χ0v) is 19.3. The SMILES string of the molecule is CN=C(NCc1ccc(Cn2ccccc2=O)cc1)NCc1ccccc1OC(C)(C)C. The maximum absolute atomic E-state index is 11.9. The highest BCUT2D eigenvalue weighted by atomic mass is 16.5. The van der Waals surface area contributed by atoms with E-state index in [-0.39, 0.29) is 11.2 Å². The van der Waals surface area contributed by atoms with Crippen LogP contribution in [0.15, 0.2) is 82.7 Å². The van der Waals surface area contributed by atoms with Crippen molar-refractivity contribution in [3.05, 3.63) is 100.0 Å². The van der Waals surface area contributed by atoms with E-state index in [1.54, 1.807) is 29.9 Å². The molecule has 0 amide bonds. The van der Waals surface area contributed by atoms with Gasteiger partial charge in [-0.1, -0.05) is 48.5 Å². The van der Waals surface area contributed by atoms with E-state index in [9.17, 15) is 4.79 Å². The Morgan fingerprint density at radius 3 is 2.25 bits per heavy atom. The molecule has 0 aliphatic carbocycles. The van der Waals surface area contributed by atoms with Gasteiger partial charge in [0.25, 0.3) is 5.56 Å². The van der Waals surface area contributed by atoms with E-state index in [0.29, 0.717) is 19.6 Å². The molecule has 0 aliphatic rings. The molecule has 6 heteroatoms. The van der Waals surface area contributed by atoms with Crippen molar-refractivity contribution in [1.82, 2.24) is 15.2 Å². The fourth-order valence-electron chi connectivity index (χ4n) is 3.22. The largest absolute Gasteiger partial charge is 0.488 e. The highest BCUT2D eigenvalue weighted by Gasteiger charge is 2.14. The Kier molecular flexibility index (Phi) is 7.71. The van der Waals surface area contributed by atoms with Crippen LogP contribution in [-0.2, 0) is 19.6 Å². The van der Waals surface area contributed by atoms with Crippen LogP contribution in [0.1, 0.15) is 37.5 Å². The van der Waals surface area contributed by atoms with Crippen LogP contribution in [0.25, 0.3) is 0 Å². The lowest BCUT2D eigenvalue weighted by atomic mass is 10.1. The molecule has 0 unspecified atom stereocenters. The van der Waals surface area contributed by atoms with Gasteiger partial charge in [0, 0.05) is 38.0 Å². The number of aromatic nitrogens is 1. The third-order valence-corrected chi connectivity index (χ3v) is 4.79. The lowest BCUT2D eigenvalue weighted by Crippen LogP contribution is -2.36. The Morgan fingerprint density at radius 2 is 1.56 bits per heavy atom. The van der Waals surface area contributed by atoms with E-state index >= 15 is 0 Å². The molecule has 0 saturated carbocycles. The number of para-hydroxylation sites is 1. The summed E-state index contributed by atoms with van der Waals surface area (Å²) in [7, 11) is 1.76. The fourth-order valence-corrected chi connectivity index (χ4v) is 3.22. The van der Waals surface area contributed by atoms with Crippen LogP contribution in [0, 0.1) is 0 Å². The second-order valence-corrected chi connectivity index (χ2v) is 8.58. The van der Waals surface area contributed by atoms with Crippen LogP contribution in [0.4, 0.5) is 0 Å². The van der Waals surface area contributed by atoms with Crippen LogP contribution in [0.5, 0.6) is 5.75 Å². The van der Waals surface area contributed by atoms with E-state index in [1.807, 2.05) is 57.2 Å². The average Bonchev–Trinajstić information content (AvgIpc) is 2.76. The van der Waals surface area contributed by atoms with Crippen molar-refractivity contribution in [3.63, 3.8) is 0 Å². The molecule has 32 heavy (non-hydrogen) atoms. The lowest BCUT2D eigenvalue weighted by molar-refractivity contribution is 0.129. The summed E-state index contributed by atoms with van der Waals surface area (Å²) in [6, 6.07) is 21.5. The predicted octanol–water partition coefficient (Wildman–Crippen LogP) is 3.94. The third-order valence-electron chi connectivity index (χ3n) is 4.79. The zero-order valence-electron chi connectivity index (χ0n) is 19.3. The molecule has 1 aromatic heterocycles. The number of aliphatic imine (C=N–C) groups is 1. The highest BCUT2D eigenvalue weighted by molar-refractivity contribution is 5.79. The Bertz CT molecular complexity index is 1100. The molecular formula is C26H32N4O2. The summed E-state index contributed by atoms with van der Waals surface area (Å²) >= 11 is 0. The van der Waals surface area contributed by atoms with Gasteiger partial charge in [-0.3, -0.25) is 9.79 Å². The second kappa shape index (κ2) is 10.7. The molecule has 3 aromatic rings. The number of hydrogen-bond acceptors (Lipinski definition) is 3. The van der Waals surface area contributed by atoms with Gasteiger partial charge in [0.15, 0.2) is 5.96 Å². The number of rotatable bonds is 7. The summed E-state index contributed by atoms with van der Waals surface area (Å²) in [5.41, 5.74) is 3.04. The van der Waals surface area contributed by atoms with Crippen molar-refractivity contribution in [2.45, 2.75) is 46.0 Å². The molecule has 168 valence electrons. The Labute approximate surface area is 190 Å². The molecule has 0 aliphatic heterocycles. The van der Waals surface area contributed by atoms with E-state index in [1.165, 1.54) is 0 Å². The fraction of sp³-hybridized carbons (Fsp3) is 0.308. The first-order valence-electron chi connectivity index (χ1n) is 10.8. The van der Waals surface area contributed by atoms with E-state index in [2.05, 4.69) is 33.8 Å². The monoisotopic (exact) mass is 432 g/mol. The first-order chi connectivity index (χ1) is 15.3. The topological polar surface area (TPSA) is 67.7 Å². The molecule has 1 heterocycles. The third kappa shape index (κ3) is 7.01. The summed E-state index contributed by atoms with van der Waals surface area (Å²) in [5, 5.41) is 6.70. The molecule has 6 nitrogen and oxygen atoms in total. The van der Waals surface area contributed by atoms with Gasteiger partial charge < -0.3 is 19.9 Å². The summed E-state index contributed by atoms with van der Waals surface area (Å²) in [6.45, 7) is 7.94. The number of nitrogens with zero attached hydrogens (tertiary/aromatic N) is 2. The van der Waals surface area contributed by atoms with Crippen molar-refractivity contribution < 1.29 is 4.74 Å². The number of hydrogen-bond donors (Lipinski definition) is 2. The van der Waals surface area contributed by atoms with E-state index < -0.39 is 0 Å². The number of guanidine groups is 1. The molecule has 2 aromatic carbocycles. The van der Waals surface area contributed by atoms with Crippen LogP contribution in [0.3, 0.4) is 0 Å². The maximum atomic E-state index is 11.9. The van der Waals surface area contributed by atoms with Gasteiger partial charge in [-0.2, -0.15) is 0 Å². The predicted molar refractivity (Wildman–Crippen MR) is 130 cm³/mol. The molecule has 2 N–H and O–H groups in total. The lowest BCUT2D eigenvalue weighted by Gasteiger charge is -2.23. The average molecular weight is 433 g/mol. The van der Waals surface area contributed by atoms with Crippen molar-refractivity contribution in [3.8, 4) is 5.75 Å². The van der Waals surface area contributed by atoms with Crippen LogP contribution in [0.2, 0.25) is 0 Å². The molecule has 0 spiro atoms. The summed E-state index contributed by atoms with van der Waals surface area (Å²) in [4.78, 5) is 16.2. The normalized spacial score (nSPS) is 11.8. The quantitative estimate of drug-likeness (QED) is 0.438. The minimum Gasteiger partial charge on any atom is -0.488 e. The molecule has 0 fully saturated rings. The molecular weight excluding hydrogens is 400 g/mol. The first kappa shape index (κ1) is 23.1. The number of ether oxygens (including phenoxy) is 1. The molecule has 0 radical (unpaired) electrons. The highest BCUT2D eigenvalue weighted by Crippen LogP contribution is 2.22. The zero-order chi connectivity index (χ0) is 23.0. The van der Waals surface area contributed by atoms with Crippen LogP contribution >= 0.6 is 0 Å². The van der Waals surface area contributed by atoms with E-state index in [4.69, 9.17) is 4.74 Å². The summed E-state index contributed by atoms with van der Waals surface area (Å²) in [6.07, 6.45) is 1.80. The van der Waals surface area contributed by atoms with Gasteiger partial charge in [-0.05, 0) is 44.0 Å². The Morgan fingerprint density at radius 1 is 0.906 bits per heavy atom. The van der Waals surface area contributed by atoms with Crippen molar-refractivity contribution in [1.29, 1.82) is 0 Å². The molecule has 0 atom stereocenters. The van der Waals surface area contributed by atoms with Gasteiger partial charge >= 0.3 is 0 Å². The Balaban J connectivity index is 1.54. The van der Waals surface area contributed by atoms with E-state index in [0.717, 1.165) is 28.4 Å².